The third kappa shape index (κ3) is 3.25. The first-order chi connectivity index (χ1) is 10.1. The van der Waals surface area contributed by atoms with Gasteiger partial charge in [-0.25, -0.2) is 4.98 Å². The van der Waals surface area contributed by atoms with Crippen LogP contribution in [-0.4, -0.2) is 31.7 Å². The van der Waals surface area contributed by atoms with E-state index in [0.717, 1.165) is 47.2 Å². The third-order valence-corrected chi connectivity index (χ3v) is 3.60. The van der Waals surface area contributed by atoms with Gasteiger partial charge in [-0.15, -0.1) is 0 Å². The Morgan fingerprint density at radius 2 is 2.14 bits per heavy atom. The van der Waals surface area contributed by atoms with Crippen molar-refractivity contribution in [3.05, 3.63) is 47.0 Å². The summed E-state index contributed by atoms with van der Waals surface area (Å²) in [5.74, 6) is 0.935. The molecule has 0 spiro atoms. The topological polar surface area (TPSA) is 49.7 Å². The fourth-order valence-corrected chi connectivity index (χ4v) is 2.53. The van der Waals surface area contributed by atoms with Crippen molar-refractivity contribution in [2.24, 2.45) is 0 Å². The highest BCUT2D eigenvalue weighted by molar-refractivity contribution is 6.31. The minimum Gasteiger partial charge on any atom is -0.341 e. The van der Waals surface area contributed by atoms with Gasteiger partial charge in [0.1, 0.15) is 5.82 Å². The van der Waals surface area contributed by atoms with Crippen LogP contribution in [0.4, 0.5) is 0 Å². The zero-order valence-corrected chi connectivity index (χ0v) is 12.9. The van der Waals surface area contributed by atoms with Gasteiger partial charge in [0.15, 0.2) is 0 Å². The molecule has 6 heteroatoms. The molecule has 5 nitrogen and oxygen atoms in total. The first kappa shape index (κ1) is 14.1. The Hall–Kier alpha value is -1.85. The second-order valence-electron chi connectivity index (χ2n) is 5.18. The van der Waals surface area contributed by atoms with Crippen LogP contribution in [0.1, 0.15) is 18.4 Å². The summed E-state index contributed by atoms with van der Waals surface area (Å²) in [4.78, 5) is 10.1. The molecule has 3 rings (SSSR count). The van der Waals surface area contributed by atoms with E-state index in [2.05, 4.69) is 40.0 Å². The Labute approximate surface area is 128 Å². The third-order valence-electron chi connectivity index (χ3n) is 3.36. The molecule has 0 atom stereocenters. The minimum atomic E-state index is 0.719. The van der Waals surface area contributed by atoms with Crippen LogP contribution in [0.25, 0.3) is 11.0 Å². The number of aromatic amines is 1. The van der Waals surface area contributed by atoms with E-state index in [-0.39, 0.29) is 0 Å². The lowest BCUT2D eigenvalue weighted by atomic mass is 10.3. The fourth-order valence-electron chi connectivity index (χ4n) is 2.36. The van der Waals surface area contributed by atoms with Crippen molar-refractivity contribution < 1.29 is 0 Å². The molecule has 110 valence electrons. The van der Waals surface area contributed by atoms with E-state index in [1.165, 1.54) is 0 Å². The molecule has 3 aromatic rings. The summed E-state index contributed by atoms with van der Waals surface area (Å²) < 4.78 is 1.94. The van der Waals surface area contributed by atoms with Crippen LogP contribution in [-0.2, 0) is 19.6 Å². The number of nitrogens with one attached hydrogen (secondary N) is 1. The summed E-state index contributed by atoms with van der Waals surface area (Å²) in [5.41, 5.74) is 2.98. The number of hydrogen-bond donors (Lipinski definition) is 1. The minimum absolute atomic E-state index is 0.719. The highest BCUT2D eigenvalue weighted by Gasteiger charge is 2.08. The van der Waals surface area contributed by atoms with E-state index < -0.39 is 0 Å². The van der Waals surface area contributed by atoms with Crippen molar-refractivity contribution in [1.82, 2.24) is 24.6 Å². The van der Waals surface area contributed by atoms with Crippen molar-refractivity contribution in [3.8, 4) is 0 Å². The van der Waals surface area contributed by atoms with Crippen LogP contribution in [0.3, 0.4) is 0 Å². The molecule has 1 N–H and O–H groups in total. The lowest BCUT2D eigenvalue weighted by Crippen LogP contribution is -2.18. The maximum absolute atomic E-state index is 5.99. The van der Waals surface area contributed by atoms with Crippen molar-refractivity contribution in [1.29, 1.82) is 0 Å². The van der Waals surface area contributed by atoms with Gasteiger partial charge in [-0.2, -0.15) is 5.10 Å². The second kappa shape index (κ2) is 5.87. The Morgan fingerprint density at radius 1 is 1.29 bits per heavy atom. The molecular weight excluding hydrogens is 286 g/mol. The van der Waals surface area contributed by atoms with Crippen molar-refractivity contribution in [2.75, 3.05) is 7.05 Å². The summed E-state index contributed by atoms with van der Waals surface area (Å²) >= 11 is 5.99. The monoisotopic (exact) mass is 303 g/mol. The molecule has 0 bridgehead atoms. The van der Waals surface area contributed by atoms with Crippen LogP contribution >= 0.6 is 11.6 Å². The van der Waals surface area contributed by atoms with Gasteiger partial charge in [-0.1, -0.05) is 11.6 Å². The van der Waals surface area contributed by atoms with Gasteiger partial charge in [0.2, 0.25) is 0 Å². The molecule has 0 amide bonds. The van der Waals surface area contributed by atoms with E-state index in [1.807, 2.05) is 29.1 Å². The molecule has 0 aliphatic carbocycles. The van der Waals surface area contributed by atoms with Gasteiger partial charge >= 0.3 is 0 Å². The zero-order chi connectivity index (χ0) is 14.8. The van der Waals surface area contributed by atoms with Crippen molar-refractivity contribution in [2.45, 2.75) is 26.6 Å². The van der Waals surface area contributed by atoms with Gasteiger partial charge < -0.3 is 4.98 Å². The molecule has 0 unspecified atom stereocenters. The smallest absolute Gasteiger partial charge is 0.121 e. The number of aromatic nitrogens is 4. The fraction of sp³-hybridized carbons (Fsp3) is 0.333. The number of nitrogens with zero attached hydrogens (tertiary/aromatic N) is 4. The Balaban J connectivity index is 1.69. The predicted octanol–water partition coefficient (Wildman–Crippen LogP) is 3.06. The number of hydrogen-bond acceptors (Lipinski definition) is 3. The molecule has 1 aromatic carbocycles. The highest BCUT2D eigenvalue weighted by Crippen LogP contribution is 2.17. The molecule has 0 aliphatic heterocycles. The van der Waals surface area contributed by atoms with Crippen LogP contribution < -0.4 is 0 Å². The summed E-state index contributed by atoms with van der Waals surface area (Å²) in [6.07, 6.45) is 2.01. The van der Waals surface area contributed by atoms with E-state index in [1.54, 1.807) is 0 Å². The molecule has 21 heavy (non-hydrogen) atoms. The van der Waals surface area contributed by atoms with Gasteiger partial charge in [0.25, 0.3) is 0 Å². The zero-order valence-electron chi connectivity index (χ0n) is 12.2. The van der Waals surface area contributed by atoms with Crippen LogP contribution in [0.5, 0.6) is 0 Å². The van der Waals surface area contributed by atoms with Gasteiger partial charge in [-0.3, -0.25) is 9.58 Å². The standard InChI is InChI=1S/C15H18ClN5/c1-3-21-7-6-12(19-21)9-20(2)10-15-17-13-5-4-11(16)8-14(13)18-15/h4-8H,3,9-10H2,1-2H3,(H,17,18). The van der Waals surface area contributed by atoms with Crippen molar-refractivity contribution >= 4 is 22.6 Å². The number of H-pyrrole nitrogens is 1. The SMILES string of the molecule is CCn1ccc(CN(C)Cc2nc3ccc(Cl)cc3[nH]2)n1. The molecular formula is C15H18ClN5. The Morgan fingerprint density at radius 3 is 2.90 bits per heavy atom. The van der Waals surface area contributed by atoms with E-state index in [0.29, 0.717) is 0 Å². The predicted molar refractivity (Wildman–Crippen MR) is 84.2 cm³/mol. The number of halogens is 1. The number of rotatable bonds is 5. The maximum Gasteiger partial charge on any atom is 0.121 e. The van der Waals surface area contributed by atoms with Crippen LogP contribution in [0.2, 0.25) is 5.02 Å². The Kier molecular flexibility index (Phi) is 3.94. The Bertz CT molecular complexity index is 745. The second-order valence-corrected chi connectivity index (χ2v) is 5.62. The molecule has 0 aliphatic rings. The highest BCUT2D eigenvalue weighted by atomic mass is 35.5. The quantitative estimate of drug-likeness (QED) is 0.788. The maximum atomic E-state index is 5.99. The summed E-state index contributed by atoms with van der Waals surface area (Å²) in [5, 5.41) is 5.21. The molecule has 2 aromatic heterocycles. The first-order valence-corrected chi connectivity index (χ1v) is 7.37. The number of imidazole rings is 1. The van der Waals surface area contributed by atoms with Gasteiger partial charge in [0, 0.05) is 24.3 Å². The summed E-state index contributed by atoms with van der Waals surface area (Å²) in [6, 6.07) is 7.74. The molecule has 2 heterocycles. The number of benzene rings is 1. The number of aryl methyl sites for hydroxylation is 1. The summed E-state index contributed by atoms with van der Waals surface area (Å²) in [7, 11) is 2.06. The molecule has 0 saturated heterocycles. The normalized spacial score (nSPS) is 11.6. The van der Waals surface area contributed by atoms with Gasteiger partial charge in [-0.05, 0) is 38.2 Å². The van der Waals surface area contributed by atoms with E-state index in [4.69, 9.17) is 11.6 Å². The lowest BCUT2D eigenvalue weighted by molar-refractivity contribution is 0.307. The van der Waals surface area contributed by atoms with Gasteiger partial charge in [0.05, 0.1) is 23.3 Å². The van der Waals surface area contributed by atoms with E-state index in [9.17, 15) is 0 Å². The number of fused-ring (bicyclic) bond motifs is 1. The van der Waals surface area contributed by atoms with E-state index >= 15 is 0 Å². The summed E-state index contributed by atoms with van der Waals surface area (Å²) in [6.45, 7) is 4.52. The van der Waals surface area contributed by atoms with Crippen LogP contribution in [0.15, 0.2) is 30.5 Å². The first-order valence-electron chi connectivity index (χ1n) is 6.99. The molecule has 0 saturated carbocycles. The average molecular weight is 304 g/mol. The largest absolute Gasteiger partial charge is 0.341 e. The van der Waals surface area contributed by atoms with Crippen molar-refractivity contribution in [3.63, 3.8) is 0 Å². The van der Waals surface area contributed by atoms with Crippen LogP contribution in [0, 0.1) is 0 Å². The molecule has 0 fully saturated rings. The lowest BCUT2D eigenvalue weighted by Gasteiger charge is -2.13. The average Bonchev–Trinajstić information content (AvgIpc) is 3.04. The molecule has 0 radical (unpaired) electrons.